The Labute approximate surface area is 182 Å². The van der Waals surface area contributed by atoms with Crippen molar-refractivity contribution in [2.75, 3.05) is 49.2 Å². The van der Waals surface area contributed by atoms with Gasteiger partial charge in [0.15, 0.2) is 0 Å². The van der Waals surface area contributed by atoms with E-state index in [-0.39, 0.29) is 12.1 Å². The Balaban J connectivity index is 1.63. The molecule has 31 heavy (non-hydrogen) atoms. The number of nitrogens with two attached hydrogens (primary N) is 1. The number of nitrogens with one attached hydrogen (secondary N) is 1. The molecular weight excluding hydrogens is 398 g/mol. The topological polar surface area (TPSA) is 118 Å². The summed E-state index contributed by atoms with van der Waals surface area (Å²) in [6.07, 6.45) is 3.83. The number of benzene rings is 1. The summed E-state index contributed by atoms with van der Waals surface area (Å²) in [5.74, 6) is 1.78. The summed E-state index contributed by atoms with van der Waals surface area (Å²) in [6, 6.07) is 7.24. The van der Waals surface area contributed by atoms with Crippen molar-refractivity contribution in [3.63, 3.8) is 0 Å². The third kappa shape index (κ3) is 5.97. The van der Waals surface area contributed by atoms with Crippen molar-refractivity contribution in [3.05, 3.63) is 36.2 Å². The number of amides is 2. The van der Waals surface area contributed by atoms with Gasteiger partial charge in [-0.3, -0.25) is 0 Å². The number of aromatic nitrogens is 2. The van der Waals surface area contributed by atoms with E-state index in [1.165, 1.54) is 19.7 Å². The van der Waals surface area contributed by atoms with Crippen molar-refractivity contribution in [1.29, 1.82) is 0 Å². The van der Waals surface area contributed by atoms with E-state index in [9.17, 15) is 4.79 Å². The fourth-order valence-electron chi connectivity index (χ4n) is 3.30. The maximum absolute atomic E-state index is 12.8. The van der Waals surface area contributed by atoms with E-state index in [4.69, 9.17) is 15.3 Å². The molecule has 10 heteroatoms. The zero-order valence-electron chi connectivity index (χ0n) is 18.1. The van der Waals surface area contributed by atoms with Crippen LogP contribution in [0.3, 0.4) is 0 Å². The molecule has 10 nitrogen and oxygen atoms in total. The molecule has 0 atom stereocenters. The van der Waals surface area contributed by atoms with E-state index in [1.807, 2.05) is 38.1 Å². The first-order valence-corrected chi connectivity index (χ1v) is 10.2. The van der Waals surface area contributed by atoms with Crippen LogP contribution in [-0.4, -0.2) is 66.5 Å². The van der Waals surface area contributed by atoms with E-state index >= 15 is 0 Å². The van der Waals surface area contributed by atoms with Crippen molar-refractivity contribution >= 4 is 29.6 Å². The Kier molecular flexibility index (Phi) is 7.47. The SMILES string of the molecule is CO/N=C/c1c(N)ncnc1N1CCCN(C(=O)Nc2ccc(OC(C)C)cc2)CC1. The van der Waals surface area contributed by atoms with Crippen LogP contribution in [-0.2, 0) is 4.84 Å². The lowest BCUT2D eigenvalue weighted by atomic mass is 10.2. The van der Waals surface area contributed by atoms with E-state index in [0.717, 1.165) is 24.4 Å². The second-order valence-corrected chi connectivity index (χ2v) is 7.36. The molecule has 2 amide bonds. The van der Waals surface area contributed by atoms with Gasteiger partial charge in [-0.1, -0.05) is 5.16 Å². The number of oxime groups is 1. The highest BCUT2D eigenvalue weighted by Crippen LogP contribution is 2.22. The lowest BCUT2D eigenvalue weighted by Crippen LogP contribution is -2.38. The maximum atomic E-state index is 12.8. The van der Waals surface area contributed by atoms with Gasteiger partial charge >= 0.3 is 6.03 Å². The van der Waals surface area contributed by atoms with Crippen LogP contribution in [0.15, 0.2) is 35.7 Å². The lowest BCUT2D eigenvalue weighted by Gasteiger charge is -2.24. The molecule has 1 aromatic heterocycles. The Morgan fingerprint density at radius 1 is 1.19 bits per heavy atom. The van der Waals surface area contributed by atoms with Crippen LogP contribution < -0.4 is 20.7 Å². The van der Waals surface area contributed by atoms with Gasteiger partial charge in [-0.05, 0) is 44.5 Å². The summed E-state index contributed by atoms with van der Waals surface area (Å²) in [5.41, 5.74) is 7.33. The van der Waals surface area contributed by atoms with E-state index in [2.05, 4.69) is 25.3 Å². The second-order valence-electron chi connectivity index (χ2n) is 7.36. The quantitative estimate of drug-likeness (QED) is 0.537. The van der Waals surface area contributed by atoms with Gasteiger partial charge in [-0.25, -0.2) is 14.8 Å². The number of ether oxygens (including phenoxy) is 1. The third-order valence-corrected chi connectivity index (χ3v) is 4.74. The van der Waals surface area contributed by atoms with Gasteiger partial charge < -0.3 is 30.4 Å². The Morgan fingerprint density at radius 3 is 2.68 bits per heavy atom. The third-order valence-electron chi connectivity index (χ3n) is 4.74. The van der Waals surface area contributed by atoms with Crippen molar-refractivity contribution in [2.24, 2.45) is 5.16 Å². The second kappa shape index (κ2) is 10.5. The minimum absolute atomic E-state index is 0.104. The van der Waals surface area contributed by atoms with Crippen LogP contribution in [0.5, 0.6) is 5.75 Å². The first-order chi connectivity index (χ1) is 15.0. The summed E-state index contributed by atoms with van der Waals surface area (Å²) in [6.45, 7) is 6.47. The minimum Gasteiger partial charge on any atom is -0.491 e. The number of nitrogens with zero attached hydrogens (tertiary/aromatic N) is 5. The van der Waals surface area contributed by atoms with E-state index < -0.39 is 0 Å². The van der Waals surface area contributed by atoms with Crippen LogP contribution in [0.25, 0.3) is 0 Å². The van der Waals surface area contributed by atoms with Gasteiger partial charge in [0, 0.05) is 31.9 Å². The zero-order valence-corrected chi connectivity index (χ0v) is 18.1. The molecule has 0 unspecified atom stereocenters. The highest BCUT2D eigenvalue weighted by atomic mass is 16.6. The highest BCUT2D eigenvalue weighted by molar-refractivity contribution is 5.92. The number of urea groups is 1. The number of anilines is 3. The number of hydrogen-bond acceptors (Lipinski definition) is 8. The standard InChI is InChI=1S/C21H29N7O3/c1-15(2)31-17-7-5-16(6-8-17)26-21(29)28-10-4-9-27(11-12-28)20-18(13-25-30-3)19(22)23-14-24-20/h5-8,13-15H,4,9-12H2,1-3H3,(H,26,29)(H2,22,23,24)/b25-13+. The normalized spacial score (nSPS) is 14.6. The Hall–Kier alpha value is -3.56. The summed E-state index contributed by atoms with van der Waals surface area (Å²) in [5, 5.41) is 6.75. The van der Waals surface area contributed by atoms with Crippen LogP contribution in [0.2, 0.25) is 0 Å². The predicted octanol–water partition coefficient (Wildman–Crippen LogP) is 2.57. The number of carbonyl (C=O) groups is 1. The summed E-state index contributed by atoms with van der Waals surface area (Å²) < 4.78 is 5.64. The van der Waals surface area contributed by atoms with Crippen molar-refractivity contribution in [2.45, 2.75) is 26.4 Å². The molecule has 166 valence electrons. The number of hydrogen-bond donors (Lipinski definition) is 2. The average Bonchev–Trinajstić information content (AvgIpc) is 3.00. The molecule has 1 aromatic carbocycles. The zero-order chi connectivity index (χ0) is 22.2. The number of nitrogen functional groups attached to an aromatic ring is 1. The fourth-order valence-corrected chi connectivity index (χ4v) is 3.30. The van der Waals surface area contributed by atoms with Gasteiger partial charge in [0.05, 0.1) is 17.9 Å². The molecule has 0 spiro atoms. The van der Waals surface area contributed by atoms with Crippen LogP contribution in [0.1, 0.15) is 25.8 Å². The Morgan fingerprint density at radius 2 is 1.97 bits per heavy atom. The summed E-state index contributed by atoms with van der Waals surface area (Å²) in [4.78, 5) is 29.8. The molecule has 1 saturated heterocycles. The van der Waals surface area contributed by atoms with Gasteiger partial charge in [-0.15, -0.1) is 0 Å². The predicted molar refractivity (Wildman–Crippen MR) is 121 cm³/mol. The maximum Gasteiger partial charge on any atom is 0.321 e. The van der Waals surface area contributed by atoms with Crippen LogP contribution in [0, 0.1) is 0 Å². The van der Waals surface area contributed by atoms with E-state index in [0.29, 0.717) is 36.8 Å². The first-order valence-electron chi connectivity index (χ1n) is 10.2. The van der Waals surface area contributed by atoms with Crippen molar-refractivity contribution in [1.82, 2.24) is 14.9 Å². The van der Waals surface area contributed by atoms with Gasteiger partial charge in [0.25, 0.3) is 0 Å². The van der Waals surface area contributed by atoms with Gasteiger partial charge in [0.2, 0.25) is 0 Å². The minimum atomic E-state index is -0.136. The number of rotatable bonds is 6. The molecule has 0 aliphatic carbocycles. The van der Waals surface area contributed by atoms with Crippen LogP contribution >= 0.6 is 0 Å². The Bertz CT molecular complexity index is 902. The molecule has 3 N–H and O–H groups in total. The molecular formula is C21H29N7O3. The molecule has 0 bridgehead atoms. The molecule has 2 aromatic rings. The smallest absolute Gasteiger partial charge is 0.321 e. The molecule has 0 saturated carbocycles. The molecule has 1 aliphatic heterocycles. The first kappa shape index (κ1) is 22.1. The number of carbonyl (C=O) groups excluding carboxylic acids is 1. The monoisotopic (exact) mass is 427 g/mol. The van der Waals surface area contributed by atoms with Crippen molar-refractivity contribution < 1.29 is 14.4 Å². The summed E-state index contributed by atoms with van der Waals surface area (Å²) in [7, 11) is 1.46. The lowest BCUT2D eigenvalue weighted by molar-refractivity contribution is 0.215. The molecule has 2 heterocycles. The summed E-state index contributed by atoms with van der Waals surface area (Å²) >= 11 is 0. The average molecular weight is 428 g/mol. The highest BCUT2D eigenvalue weighted by Gasteiger charge is 2.22. The van der Waals surface area contributed by atoms with Gasteiger partial charge in [0.1, 0.15) is 30.8 Å². The molecule has 1 fully saturated rings. The van der Waals surface area contributed by atoms with Crippen LogP contribution in [0.4, 0.5) is 22.1 Å². The molecule has 3 rings (SSSR count). The molecule has 1 aliphatic rings. The largest absolute Gasteiger partial charge is 0.491 e. The van der Waals surface area contributed by atoms with E-state index in [1.54, 1.807) is 4.90 Å². The van der Waals surface area contributed by atoms with Gasteiger partial charge in [-0.2, -0.15) is 0 Å². The fraction of sp³-hybridized carbons (Fsp3) is 0.429. The molecule has 0 radical (unpaired) electrons. The van der Waals surface area contributed by atoms with Crippen molar-refractivity contribution in [3.8, 4) is 5.75 Å².